The molecule has 0 saturated carbocycles. The van der Waals surface area contributed by atoms with Gasteiger partial charge < -0.3 is 10.1 Å². The number of ether oxygens (including phenoxy) is 1. The highest BCUT2D eigenvalue weighted by Gasteiger charge is 2.70. The number of imide groups is 1. The van der Waals surface area contributed by atoms with Gasteiger partial charge in [-0.2, -0.15) is 0 Å². The van der Waals surface area contributed by atoms with Gasteiger partial charge in [-0.1, -0.05) is 25.4 Å². The highest BCUT2D eigenvalue weighted by atomic mass is 35.5. The molecule has 4 unspecified atom stereocenters. The van der Waals surface area contributed by atoms with Crippen LogP contribution in [0.4, 0.5) is 5.69 Å². The van der Waals surface area contributed by atoms with E-state index in [0.717, 1.165) is 0 Å². The van der Waals surface area contributed by atoms with Crippen LogP contribution in [0.15, 0.2) is 18.2 Å². The molecule has 3 aliphatic heterocycles. The quantitative estimate of drug-likeness (QED) is 0.545. The van der Waals surface area contributed by atoms with Crippen molar-refractivity contribution in [1.82, 2.24) is 10.2 Å². The maximum atomic E-state index is 13.4. The summed E-state index contributed by atoms with van der Waals surface area (Å²) in [6.45, 7) is 4.90. The molecule has 3 amide bonds. The van der Waals surface area contributed by atoms with Crippen LogP contribution in [0.25, 0.3) is 0 Å². The average Bonchev–Trinajstić information content (AvgIpc) is 3.22. The monoisotopic (exact) mass is 419 g/mol. The van der Waals surface area contributed by atoms with E-state index in [4.69, 9.17) is 16.3 Å². The number of anilines is 1. The summed E-state index contributed by atoms with van der Waals surface area (Å²) in [5.74, 6) is -1.83. The SMILES string of the molecule is COCCCN1C(=O)C2C(CC(C)C)NC3(C(=O)Nc4ccc(Cl)cc43)C2C1=O. The first-order valence-corrected chi connectivity index (χ1v) is 10.4. The van der Waals surface area contributed by atoms with Crippen LogP contribution in [0, 0.1) is 17.8 Å². The fourth-order valence-electron chi connectivity index (χ4n) is 5.13. The third kappa shape index (κ3) is 2.98. The van der Waals surface area contributed by atoms with Crippen LogP contribution in [0.2, 0.25) is 5.02 Å². The van der Waals surface area contributed by atoms with Gasteiger partial charge in [-0.05, 0) is 37.0 Å². The van der Waals surface area contributed by atoms with Gasteiger partial charge in [0.15, 0.2) is 0 Å². The summed E-state index contributed by atoms with van der Waals surface area (Å²) in [6, 6.07) is 4.91. The van der Waals surface area contributed by atoms with Crippen molar-refractivity contribution in [2.45, 2.75) is 38.3 Å². The lowest BCUT2D eigenvalue weighted by molar-refractivity contribution is -0.143. The van der Waals surface area contributed by atoms with Crippen molar-refractivity contribution in [3.05, 3.63) is 28.8 Å². The Hall–Kier alpha value is -1.96. The van der Waals surface area contributed by atoms with Crippen LogP contribution in [0.3, 0.4) is 0 Å². The number of fused-ring (bicyclic) bond motifs is 4. The first kappa shape index (κ1) is 20.3. The summed E-state index contributed by atoms with van der Waals surface area (Å²) in [7, 11) is 1.59. The predicted octanol–water partition coefficient (Wildman–Crippen LogP) is 2.14. The van der Waals surface area contributed by atoms with Crippen molar-refractivity contribution < 1.29 is 19.1 Å². The van der Waals surface area contributed by atoms with Gasteiger partial charge in [-0.15, -0.1) is 0 Å². The topological polar surface area (TPSA) is 87.7 Å². The molecule has 1 aromatic carbocycles. The van der Waals surface area contributed by atoms with Gasteiger partial charge in [0.2, 0.25) is 17.7 Å². The molecular formula is C21H26ClN3O4. The molecule has 1 aromatic rings. The van der Waals surface area contributed by atoms with Crippen LogP contribution >= 0.6 is 11.6 Å². The third-order valence-electron chi connectivity index (χ3n) is 6.22. The van der Waals surface area contributed by atoms with Gasteiger partial charge in [0.1, 0.15) is 5.54 Å². The van der Waals surface area contributed by atoms with Crippen LogP contribution < -0.4 is 10.6 Å². The first-order valence-electron chi connectivity index (χ1n) is 10.0. The van der Waals surface area contributed by atoms with E-state index >= 15 is 0 Å². The number of nitrogens with zero attached hydrogens (tertiary/aromatic N) is 1. The molecule has 2 saturated heterocycles. The predicted molar refractivity (Wildman–Crippen MR) is 108 cm³/mol. The van der Waals surface area contributed by atoms with E-state index in [9.17, 15) is 14.4 Å². The minimum Gasteiger partial charge on any atom is -0.385 e. The summed E-state index contributed by atoms with van der Waals surface area (Å²) in [4.78, 5) is 41.3. The molecule has 4 rings (SSSR count). The molecule has 2 fully saturated rings. The Labute approximate surface area is 175 Å². The Bertz CT molecular complexity index is 873. The lowest BCUT2D eigenvalue weighted by Crippen LogP contribution is -2.53. The highest BCUT2D eigenvalue weighted by molar-refractivity contribution is 6.31. The van der Waals surface area contributed by atoms with E-state index in [1.165, 1.54) is 4.90 Å². The normalized spacial score (nSPS) is 30.4. The number of nitrogens with one attached hydrogen (secondary N) is 2. The van der Waals surface area contributed by atoms with Crippen molar-refractivity contribution in [3.8, 4) is 0 Å². The third-order valence-corrected chi connectivity index (χ3v) is 6.46. The van der Waals surface area contributed by atoms with E-state index in [2.05, 4.69) is 24.5 Å². The minimum absolute atomic E-state index is 0.200. The summed E-state index contributed by atoms with van der Waals surface area (Å²) in [5, 5.41) is 6.79. The number of carbonyl (C=O) groups excluding carboxylic acids is 3. The number of carbonyl (C=O) groups is 3. The molecule has 3 aliphatic rings. The number of halogens is 1. The fraction of sp³-hybridized carbons (Fsp3) is 0.571. The molecule has 7 nitrogen and oxygen atoms in total. The highest BCUT2D eigenvalue weighted by Crippen LogP contribution is 2.54. The maximum absolute atomic E-state index is 13.4. The Morgan fingerprint density at radius 1 is 1.24 bits per heavy atom. The van der Waals surface area contributed by atoms with Gasteiger partial charge in [0.05, 0.1) is 11.8 Å². The lowest BCUT2D eigenvalue weighted by Gasteiger charge is -2.30. The second kappa shape index (κ2) is 7.38. The zero-order chi connectivity index (χ0) is 20.9. The maximum Gasteiger partial charge on any atom is 0.250 e. The molecule has 0 bridgehead atoms. The zero-order valence-electron chi connectivity index (χ0n) is 16.8. The van der Waals surface area contributed by atoms with Crippen LogP contribution in [-0.4, -0.2) is 48.9 Å². The van der Waals surface area contributed by atoms with E-state index in [-0.39, 0.29) is 23.8 Å². The molecule has 2 N–H and O–H groups in total. The summed E-state index contributed by atoms with van der Waals surface area (Å²) in [5.41, 5.74) is 0.0118. The van der Waals surface area contributed by atoms with E-state index < -0.39 is 17.4 Å². The number of hydrogen-bond acceptors (Lipinski definition) is 5. The number of likely N-dealkylation sites (tertiary alicyclic amines) is 1. The molecule has 29 heavy (non-hydrogen) atoms. The largest absolute Gasteiger partial charge is 0.385 e. The number of benzene rings is 1. The fourth-order valence-corrected chi connectivity index (χ4v) is 5.30. The first-order chi connectivity index (χ1) is 13.8. The summed E-state index contributed by atoms with van der Waals surface area (Å²) in [6.07, 6.45) is 1.26. The van der Waals surface area contributed by atoms with Crippen LogP contribution in [0.1, 0.15) is 32.3 Å². The average molecular weight is 420 g/mol. The van der Waals surface area contributed by atoms with E-state index in [0.29, 0.717) is 48.2 Å². The molecular weight excluding hydrogens is 394 g/mol. The van der Waals surface area contributed by atoms with Crippen molar-refractivity contribution in [2.75, 3.05) is 25.6 Å². The van der Waals surface area contributed by atoms with Crippen LogP contribution in [0.5, 0.6) is 0 Å². The number of hydrogen-bond donors (Lipinski definition) is 2. The second-order valence-corrected chi connectivity index (χ2v) is 8.95. The number of amides is 3. The molecule has 8 heteroatoms. The van der Waals surface area contributed by atoms with Crippen molar-refractivity contribution in [1.29, 1.82) is 0 Å². The van der Waals surface area contributed by atoms with Crippen molar-refractivity contribution in [2.24, 2.45) is 17.8 Å². The van der Waals surface area contributed by atoms with Gasteiger partial charge in [0, 0.05) is 42.6 Å². The Balaban J connectivity index is 1.79. The Kier molecular flexibility index (Phi) is 5.17. The standard InChI is InChI=1S/C21H26ClN3O4/c1-11(2)9-15-16-17(19(27)25(18(16)26)7-4-8-29-3)21(24-15)13-10-12(22)5-6-14(13)23-20(21)28/h5-6,10-11,15-17,24H,4,7-9H2,1-3H3,(H,23,28). The van der Waals surface area contributed by atoms with Crippen LogP contribution in [-0.2, 0) is 24.7 Å². The second-order valence-electron chi connectivity index (χ2n) is 8.51. The molecule has 156 valence electrons. The molecule has 0 radical (unpaired) electrons. The number of methoxy groups -OCH3 is 1. The Morgan fingerprint density at radius 3 is 2.69 bits per heavy atom. The van der Waals surface area contributed by atoms with Crippen molar-refractivity contribution in [3.63, 3.8) is 0 Å². The molecule has 0 aromatic heterocycles. The molecule has 0 aliphatic carbocycles. The van der Waals surface area contributed by atoms with Crippen molar-refractivity contribution >= 4 is 35.0 Å². The Morgan fingerprint density at radius 2 is 2.00 bits per heavy atom. The molecule has 4 atom stereocenters. The summed E-state index contributed by atoms with van der Waals surface area (Å²) >= 11 is 6.23. The molecule has 3 heterocycles. The lowest BCUT2D eigenvalue weighted by atomic mass is 9.76. The number of rotatable bonds is 6. The zero-order valence-corrected chi connectivity index (χ0v) is 17.6. The van der Waals surface area contributed by atoms with Gasteiger partial charge in [0.25, 0.3) is 0 Å². The summed E-state index contributed by atoms with van der Waals surface area (Å²) < 4.78 is 5.07. The minimum atomic E-state index is -1.27. The molecule has 1 spiro atoms. The van der Waals surface area contributed by atoms with Gasteiger partial charge >= 0.3 is 0 Å². The van der Waals surface area contributed by atoms with Gasteiger partial charge in [-0.25, -0.2) is 0 Å². The van der Waals surface area contributed by atoms with E-state index in [1.54, 1.807) is 25.3 Å². The van der Waals surface area contributed by atoms with E-state index in [1.807, 2.05) is 0 Å². The smallest absolute Gasteiger partial charge is 0.250 e. The van der Waals surface area contributed by atoms with Gasteiger partial charge in [-0.3, -0.25) is 24.6 Å².